The molecule has 1 aliphatic rings. The van der Waals surface area contributed by atoms with E-state index in [4.69, 9.17) is 23.2 Å². The fourth-order valence-corrected chi connectivity index (χ4v) is 3.50. The zero-order valence-corrected chi connectivity index (χ0v) is 14.5. The van der Waals surface area contributed by atoms with Crippen LogP contribution < -0.4 is 10.2 Å². The molecule has 1 N–H and O–H groups in total. The zero-order valence-electron chi connectivity index (χ0n) is 13.0. The second-order valence-corrected chi connectivity index (χ2v) is 6.43. The number of rotatable bonds is 3. The first-order valence-corrected chi connectivity index (χ1v) is 8.45. The molecule has 0 aliphatic carbocycles. The van der Waals surface area contributed by atoms with E-state index in [1.807, 2.05) is 30.3 Å². The standard InChI is InChI=1S/C19H13Cl2N3O/c20-15-8-3-9-16(21)17(15)23-18-13-6-1-2-7-14(13)19(25)24(18)12-5-4-10-22-11-12/h1-11,18,23H/t18-/m0/s1. The van der Waals surface area contributed by atoms with Gasteiger partial charge in [-0.1, -0.05) is 47.5 Å². The maximum absolute atomic E-state index is 13.0. The van der Waals surface area contributed by atoms with Crippen molar-refractivity contribution in [3.05, 3.63) is 88.2 Å². The van der Waals surface area contributed by atoms with Crippen LogP contribution in [0.15, 0.2) is 67.0 Å². The van der Waals surface area contributed by atoms with Crippen molar-refractivity contribution in [2.45, 2.75) is 6.17 Å². The van der Waals surface area contributed by atoms with E-state index in [1.165, 1.54) is 0 Å². The Morgan fingerprint density at radius 1 is 0.960 bits per heavy atom. The minimum atomic E-state index is -0.426. The van der Waals surface area contributed by atoms with Crippen LogP contribution in [0.25, 0.3) is 0 Å². The number of carbonyl (C=O) groups is 1. The third-order valence-corrected chi connectivity index (χ3v) is 4.76. The Morgan fingerprint density at radius 3 is 2.44 bits per heavy atom. The Kier molecular flexibility index (Phi) is 4.07. The molecule has 1 atom stereocenters. The lowest BCUT2D eigenvalue weighted by atomic mass is 10.1. The van der Waals surface area contributed by atoms with Crippen LogP contribution in [0.2, 0.25) is 10.0 Å². The van der Waals surface area contributed by atoms with Crippen LogP contribution in [-0.2, 0) is 0 Å². The minimum Gasteiger partial charge on any atom is -0.359 e. The number of hydrogen-bond acceptors (Lipinski definition) is 3. The predicted molar refractivity (Wildman–Crippen MR) is 100 cm³/mol. The maximum atomic E-state index is 13.0. The smallest absolute Gasteiger partial charge is 0.260 e. The number of nitrogens with zero attached hydrogens (tertiary/aromatic N) is 2. The summed E-state index contributed by atoms with van der Waals surface area (Å²) in [4.78, 5) is 18.8. The predicted octanol–water partition coefficient (Wildman–Crippen LogP) is 5.16. The van der Waals surface area contributed by atoms with Crippen molar-refractivity contribution in [2.75, 3.05) is 10.2 Å². The van der Waals surface area contributed by atoms with E-state index in [9.17, 15) is 4.79 Å². The zero-order chi connectivity index (χ0) is 17.4. The average molecular weight is 370 g/mol. The molecule has 0 spiro atoms. The highest BCUT2D eigenvalue weighted by Gasteiger charge is 2.38. The molecule has 1 aliphatic heterocycles. The molecular formula is C19H13Cl2N3O. The monoisotopic (exact) mass is 369 g/mol. The number of halogens is 2. The molecular weight excluding hydrogens is 357 g/mol. The highest BCUT2D eigenvalue weighted by molar-refractivity contribution is 6.39. The Labute approximate surface area is 155 Å². The summed E-state index contributed by atoms with van der Waals surface area (Å²) in [6, 6.07) is 16.4. The number of fused-ring (bicyclic) bond motifs is 1. The Balaban J connectivity index is 1.83. The van der Waals surface area contributed by atoms with E-state index in [1.54, 1.807) is 41.6 Å². The van der Waals surface area contributed by atoms with Gasteiger partial charge >= 0.3 is 0 Å². The van der Waals surface area contributed by atoms with Crippen LogP contribution in [0, 0.1) is 0 Å². The third kappa shape index (κ3) is 2.73. The van der Waals surface area contributed by atoms with Crippen LogP contribution in [0.1, 0.15) is 22.1 Å². The van der Waals surface area contributed by atoms with Crippen molar-refractivity contribution in [1.82, 2.24) is 4.98 Å². The molecule has 0 radical (unpaired) electrons. The summed E-state index contributed by atoms with van der Waals surface area (Å²) in [6.07, 6.45) is 2.90. The van der Waals surface area contributed by atoms with Crippen molar-refractivity contribution in [3.8, 4) is 0 Å². The van der Waals surface area contributed by atoms with Crippen molar-refractivity contribution >= 4 is 40.5 Å². The fourth-order valence-electron chi connectivity index (χ4n) is 2.99. The summed E-state index contributed by atoms with van der Waals surface area (Å²) in [7, 11) is 0. The van der Waals surface area contributed by atoms with Crippen LogP contribution in [0.3, 0.4) is 0 Å². The van der Waals surface area contributed by atoms with Crippen molar-refractivity contribution in [1.29, 1.82) is 0 Å². The normalized spacial score (nSPS) is 16.0. The molecule has 0 bridgehead atoms. The van der Waals surface area contributed by atoms with Gasteiger partial charge in [-0.05, 0) is 30.3 Å². The molecule has 0 saturated heterocycles. The number of amides is 1. The maximum Gasteiger partial charge on any atom is 0.260 e. The number of para-hydroxylation sites is 1. The quantitative estimate of drug-likeness (QED) is 0.693. The van der Waals surface area contributed by atoms with E-state index in [0.29, 0.717) is 27.0 Å². The summed E-state index contributed by atoms with van der Waals surface area (Å²) in [6.45, 7) is 0. The summed E-state index contributed by atoms with van der Waals surface area (Å²) in [5.41, 5.74) is 2.80. The van der Waals surface area contributed by atoms with Gasteiger partial charge in [0, 0.05) is 17.3 Å². The van der Waals surface area contributed by atoms with E-state index >= 15 is 0 Å². The Bertz CT molecular complexity index is 926. The van der Waals surface area contributed by atoms with Crippen LogP contribution >= 0.6 is 23.2 Å². The number of anilines is 2. The lowest BCUT2D eigenvalue weighted by Crippen LogP contribution is -2.32. The first-order chi connectivity index (χ1) is 12.2. The highest BCUT2D eigenvalue weighted by Crippen LogP contribution is 2.40. The second kappa shape index (κ2) is 6.39. The number of aromatic nitrogens is 1. The molecule has 25 heavy (non-hydrogen) atoms. The van der Waals surface area contributed by atoms with E-state index in [-0.39, 0.29) is 5.91 Å². The number of carbonyl (C=O) groups excluding carboxylic acids is 1. The topological polar surface area (TPSA) is 45.2 Å². The van der Waals surface area contributed by atoms with Gasteiger partial charge < -0.3 is 5.32 Å². The van der Waals surface area contributed by atoms with Gasteiger partial charge in [-0.15, -0.1) is 0 Å². The molecule has 1 amide bonds. The van der Waals surface area contributed by atoms with E-state index < -0.39 is 6.17 Å². The SMILES string of the molecule is O=C1c2ccccc2[C@@H](Nc2c(Cl)cccc2Cl)N1c1cccnc1. The highest BCUT2D eigenvalue weighted by atomic mass is 35.5. The minimum absolute atomic E-state index is 0.0933. The van der Waals surface area contributed by atoms with Gasteiger partial charge in [-0.25, -0.2) is 0 Å². The molecule has 2 aromatic carbocycles. The molecule has 4 nitrogen and oxygen atoms in total. The van der Waals surface area contributed by atoms with Gasteiger partial charge in [-0.3, -0.25) is 14.7 Å². The van der Waals surface area contributed by atoms with Gasteiger partial charge in [-0.2, -0.15) is 0 Å². The first kappa shape index (κ1) is 15.9. The summed E-state index contributed by atoms with van der Waals surface area (Å²) >= 11 is 12.6. The van der Waals surface area contributed by atoms with Gasteiger partial charge in [0.05, 0.1) is 27.6 Å². The molecule has 0 fully saturated rings. The number of hydrogen-bond donors (Lipinski definition) is 1. The Morgan fingerprint density at radius 2 is 1.72 bits per heavy atom. The van der Waals surface area contributed by atoms with Crippen molar-refractivity contribution in [3.63, 3.8) is 0 Å². The summed E-state index contributed by atoms with van der Waals surface area (Å²) in [5.74, 6) is -0.0933. The van der Waals surface area contributed by atoms with Gasteiger partial charge in [0.1, 0.15) is 6.17 Å². The molecule has 4 rings (SSSR count). The lowest BCUT2D eigenvalue weighted by Gasteiger charge is -2.27. The van der Waals surface area contributed by atoms with Crippen LogP contribution in [0.4, 0.5) is 11.4 Å². The average Bonchev–Trinajstić information content (AvgIpc) is 2.91. The molecule has 3 aromatic rings. The van der Waals surface area contributed by atoms with Gasteiger partial charge in [0.15, 0.2) is 0 Å². The summed E-state index contributed by atoms with van der Waals surface area (Å²) < 4.78 is 0. The van der Waals surface area contributed by atoms with Gasteiger partial charge in [0.2, 0.25) is 0 Å². The first-order valence-electron chi connectivity index (χ1n) is 7.70. The third-order valence-electron chi connectivity index (χ3n) is 4.13. The van der Waals surface area contributed by atoms with E-state index in [2.05, 4.69) is 10.3 Å². The van der Waals surface area contributed by atoms with Gasteiger partial charge in [0.25, 0.3) is 5.91 Å². The van der Waals surface area contributed by atoms with Crippen molar-refractivity contribution in [2.24, 2.45) is 0 Å². The Hall–Kier alpha value is -2.56. The molecule has 2 heterocycles. The molecule has 0 saturated carbocycles. The van der Waals surface area contributed by atoms with Crippen LogP contribution in [-0.4, -0.2) is 10.9 Å². The molecule has 1 aromatic heterocycles. The number of benzene rings is 2. The van der Waals surface area contributed by atoms with Crippen LogP contribution in [0.5, 0.6) is 0 Å². The lowest BCUT2D eigenvalue weighted by molar-refractivity contribution is 0.0993. The molecule has 0 unspecified atom stereocenters. The largest absolute Gasteiger partial charge is 0.359 e. The molecule has 6 heteroatoms. The molecule has 124 valence electrons. The van der Waals surface area contributed by atoms with E-state index in [0.717, 1.165) is 5.56 Å². The number of nitrogens with one attached hydrogen (secondary N) is 1. The second-order valence-electron chi connectivity index (χ2n) is 5.62. The summed E-state index contributed by atoms with van der Waals surface area (Å²) in [5, 5.41) is 4.32. The van der Waals surface area contributed by atoms with Crippen molar-refractivity contribution < 1.29 is 4.79 Å². The fraction of sp³-hybridized carbons (Fsp3) is 0.0526. The number of pyridine rings is 1.